The fourth-order valence-corrected chi connectivity index (χ4v) is 3.69. The highest BCUT2D eigenvalue weighted by Crippen LogP contribution is 2.28. The number of benzene rings is 1. The van der Waals surface area contributed by atoms with Crippen molar-refractivity contribution in [1.82, 2.24) is 9.78 Å². The molecule has 0 bridgehead atoms. The average molecular weight is 415 g/mol. The lowest BCUT2D eigenvalue weighted by Crippen LogP contribution is -2.14. The molecule has 0 unspecified atom stereocenters. The Kier molecular flexibility index (Phi) is 11.1. The van der Waals surface area contributed by atoms with Gasteiger partial charge in [0.15, 0.2) is 0 Å². The Morgan fingerprint density at radius 3 is 2.10 bits per heavy atom. The molecule has 0 atom stereocenters. The molecule has 0 saturated carbocycles. The van der Waals surface area contributed by atoms with Crippen molar-refractivity contribution in [3.05, 3.63) is 41.6 Å². The molecule has 0 aliphatic heterocycles. The zero-order valence-electron chi connectivity index (χ0n) is 19.0. The van der Waals surface area contributed by atoms with E-state index in [2.05, 4.69) is 12.0 Å². The topological polar surface area (TPSA) is 53.4 Å². The van der Waals surface area contributed by atoms with Gasteiger partial charge in [-0.3, -0.25) is 0 Å². The first-order valence-electron chi connectivity index (χ1n) is 11.7. The summed E-state index contributed by atoms with van der Waals surface area (Å²) in [6, 6.07) is 9.75. The molecule has 0 fully saturated rings. The van der Waals surface area contributed by atoms with Crippen molar-refractivity contribution in [2.45, 2.75) is 91.4 Å². The number of ether oxygens (including phenoxy) is 2. The number of carbonyl (C=O) groups excluding carboxylic acids is 1. The average Bonchev–Trinajstić information content (AvgIpc) is 3.05. The second kappa shape index (κ2) is 13.8. The van der Waals surface area contributed by atoms with Gasteiger partial charge in [0.25, 0.3) is 0 Å². The fraction of sp³-hybridized carbons (Fsp3) is 0.600. The Balaban J connectivity index is 1.91. The number of carbonyl (C=O) groups is 1. The summed E-state index contributed by atoms with van der Waals surface area (Å²) in [5, 5.41) is 4.64. The van der Waals surface area contributed by atoms with Crippen molar-refractivity contribution in [2.75, 3.05) is 6.61 Å². The first kappa shape index (κ1) is 24.0. The molecule has 0 N–H and O–H groups in total. The van der Waals surface area contributed by atoms with Crippen LogP contribution in [0.1, 0.15) is 89.3 Å². The van der Waals surface area contributed by atoms with Crippen LogP contribution in [0.2, 0.25) is 0 Å². The normalized spacial score (nSPS) is 10.9. The third kappa shape index (κ3) is 7.85. The van der Waals surface area contributed by atoms with Gasteiger partial charge in [0.05, 0.1) is 18.0 Å². The first-order chi connectivity index (χ1) is 14.7. The van der Waals surface area contributed by atoms with Crippen LogP contribution in [0.5, 0.6) is 5.88 Å². The maximum atomic E-state index is 12.0. The standard InChI is InChI=1S/C25H38N2O3/c1-4-6-7-8-9-10-11-12-13-17-20-23-21(3)26-27(22-18-15-14-16-19-22)24(23)30-25(28)29-5-2/h14-16,18-19H,4-13,17,20H2,1-3H3. The summed E-state index contributed by atoms with van der Waals surface area (Å²) in [4.78, 5) is 12.0. The maximum absolute atomic E-state index is 12.0. The summed E-state index contributed by atoms with van der Waals surface area (Å²) in [6.07, 6.45) is 13.1. The quantitative estimate of drug-likeness (QED) is 0.243. The van der Waals surface area contributed by atoms with E-state index in [1.807, 2.05) is 37.3 Å². The van der Waals surface area contributed by atoms with Crippen LogP contribution in [0.3, 0.4) is 0 Å². The lowest BCUT2D eigenvalue weighted by Gasteiger charge is -2.10. The molecule has 166 valence electrons. The molecular formula is C25H38N2O3. The van der Waals surface area contributed by atoms with E-state index in [4.69, 9.17) is 9.47 Å². The predicted molar refractivity (Wildman–Crippen MR) is 121 cm³/mol. The zero-order chi connectivity index (χ0) is 21.6. The molecule has 2 rings (SSSR count). The van der Waals surface area contributed by atoms with Crippen LogP contribution in [0.15, 0.2) is 30.3 Å². The first-order valence-corrected chi connectivity index (χ1v) is 11.7. The Morgan fingerprint density at radius 2 is 1.50 bits per heavy atom. The molecule has 2 aromatic rings. The van der Waals surface area contributed by atoms with Crippen molar-refractivity contribution in [3.63, 3.8) is 0 Å². The Morgan fingerprint density at radius 1 is 0.900 bits per heavy atom. The van der Waals surface area contributed by atoms with Gasteiger partial charge in [-0.25, -0.2) is 9.48 Å². The third-order valence-electron chi connectivity index (χ3n) is 5.36. The van der Waals surface area contributed by atoms with Crippen LogP contribution >= 0.6 is 0 Å². The SMILES string of the molecule is CCCCCCCCCCCCc1c(C)nn(-c2ccccc2)c1OC(=O)OCC. The molecule has 0 radical (unpaired) electrons. The molecule has 30 heavy (non-hydrogen) atoms. The molecule has 1 aromatic heterocycles. The Labute approximate surface area is 181 Å². The van der Waals surface area contributed by atoms with Gasteiger partial charge in [0.2, 0.25) is 5.88 Å². The lowest BCUT2D eigenvalue weighted by molar-refractivity contribution is 0.101. The van der Waals surface area contributed by atoms with Gasteiger partial charge in [-0.1, -0.05) is 82.9 Å². The second-order valence-electron chi connectivity index (χ2n) is 7.83. The molecule has 0 amide bonds. The minimum Gasteiger partial charge on any atom is -0.434 e. The smallest absolute Gasteiger partial charge is 0.434 e. The van der Waals surface area contributed by atoms with Crippen molar-refractivity contribution in [1.29, 1.82) is 0 Å². The van der Waals surface area contributed by atoms with Gasteiger partial charge in [0, 0.05) is 5.56 Å². The summed E-state index contributed by atoms with van der Waals surface area (Å²) < 4.78 is 12.3. The highest BCUT2D eigenvalue weighted by Gasteiger charge is 2.21. The zero-order valence-corrected chi connectivity index (χ0v) is 19.0. The minimum atomic E-state index is -0.682. The predicted octanol–water partition coefficient (Wildman–Crippen LogP) is 7.18. The van der Waals surface area contributed by atoms with E-state index in [0.717, 1.165) is 29.8 Å². The molecule has 1 heterocycles. The number of rotatable bonds is 14. The number of hydrogen-bond donors (Lipinski definition) is 0. The number of aromatic nitrogens is 2. The minimum absolute atomic E-state index is 0.283. The maximum Gasteiger partial charge on any atom is 0.515 e. The molecule has 0 saturated heterocycles. The number of hydrogen-bond acceptors (Lipinski definition) is 4. The number of unbranched alkanes of at least 4 members (excludes halogenated alkanes) is 9. The van der Waals surface area contributed by atoms with Crippen LogP contribution in [0.4, 0.5) is 4.79 Å². The number of para-hydroxylation sites is 1. The summed E-state index contributed by atoms with van der Waals surface area (Å²) in [6.45, 7) is 6.29. The van der Waals surface area contributed by atoms with Gasteiger partial charge in [0.1, 0.15) is 0 Å². The number of nitrogens with zero attached hydrogens (tertiary/aromatic N) is 2. The van der Waals surface area contributed by atoms with Gasteiger partial charge < -0.3 is 9.47 Å². The summed E-state index contributed by atoms with van der Waals surface area (Å²) in [5.41, 5.74) is 2.76. The van der Waals surface area contributed by atoms with Crippen molar-refractivity contribution >= 4 is 6.16 Å². The second-order valence-corrected chi connectivity index (χ2v) is 7.83. The van der Waals surface area contributed by atoms with E-state index < -0.39 is 6.16 Å². The summed E-state index contributed by atoms with van der Waals surface area (Å²) in [7, 11) is 0. The summed E-state index contributed by atoms with van der Waals surface area (Å²) >= 11 is 0. The molecule has 0 spiro atoms. The highest BCUT2D eigenvalue weighted by molar-refractivity contribution is 5.64. The Bertz CT molecular complexity index is 740. The van der Waals surface area contributed by atoms with Gasteiger partial charge >= 0.3 is 6.16 Å². The summed E-state index contributed by atoms with van der Waals surface area (Å²) in [5.74, 6) is 0.480. The van der Waals surface area contributed by atoms with Crippen molar-refractivity contribution in [2.24, 2.45) is 0 Å². The Hall–Kier alpha value is -2.30. The van der Waals surface area contributed by atoms with Crippen molar-refractivity contribution in [3.8, 4) is 11.6 Å². The largest absolute Gasteiger partial charge is 0.515 e. The van der Waals surface area contributed by atoms with E-state index in [1.54, 1.807) is 11.6 Å². The van der Waals surface area contributed by atoms with Gasteiger partial charge in [-0.05, 0) is 38.8 Å². The number of aryl methyl sites for hydroxylation is 1. The third-order valence-corrected chi connectivity index (χ3v) is 5.36. The van der Waals surface area contributed by atoms with Crippen LogP contribution < -0.4 is 4.74 Å². The van der Waals surface area contributed by atoms with E-state index in [0.29, 0.717) is 5.88 Å². The molecular weight excluding hydrogens is 376 g/mol. The highest BCUT2D eigenvalue weighted by atomic mass is 16.7. The monoisotopic (exact) mass is 414 g/mol. The van der Waals surface area contributed by atoms with Gasteiger partial charge in [-0.15, -0.1) is 0 Å². The van der Waals surface area contributed by atoms with E-state index in [1.165, 1.54) is 57.8 Å². The molecule has 5 nitrogen and oxygen atoms in total. The van der Waals surface area contributed by atoms with Crippen LogP contribution in [-0.4, -0.2) is 22.5 Å². The van der Waals surface area contributed by atoms with E-state index in [9.17, 15) is 4.79 Å². The van der Waals surface area contributed by atoms with Crippen LogP contribution in [0, 0.1) is 6.92 Å². The molecule has 0 aliphatic carbocycles. The molecule has 5 heteroatoms. The fourth-order valence-electron chi connectivity index (χ4n) is 3.69. The van der Waals surface area contributed by atoms with Crippen molar-refractivity contribution < 1.29 is 14.3 Å². The van der Waals surface area contributed by atoms with E-state index in [-0.39, 0.29) is 6.61 Å². The van der Waals surface area contributed by atoms with Crippen LogP contribution in [-0.2, 0) is 11.2 Å². The van der Waals surface area contributed by atoms with E-state index >= 15 is 0 Å². The lowest BCUT2D eigenvalue weighted by atomic mass is 10.0. The van der Waals surface area contributed by atoms with Crippen LogP contribution in [0.25, 0.3) is 5.69 Å². The molecule has 1 aromatic carbocycles. The molecule has 0 aliphatic rings. The van der Waals surface area contributed by atoms with Gasteiger partial charge in [-0.2, -0.15) is 5.10 Å².